The Hall–Kier alpha value is -2.18. The highest BCUT2D eigenvalue weighted by molar-refractivity contribution is 5.81. The molecular weight excluding hydrogens is 278 g/mol. The number of nitrogens with zero attached hydrogens (tertiary/aromatic N) is 2. The van der Waals surface area contributed by atoms with Gasteiger partial charge in [-0.3, -0.25) is 0 Å². The first kappa shape index (κ1) is 16.9. The molecule has 0 radical (unpaired) electrons. The van der Waals surface area contributed by atoms with Gasteiger partial charge >= 0.3 is 0 Å². The molecule has 0 saturated heterocycles. The number of nitrogens with two attached hydrogens (primary N) is 2. The van der Waals surface area contributed by atoms with Crippen LogP contribution in [0, 0.1) is 11.6 Å². The first-order valence-corrected chi connectivity index (χ1v) is 6.78. The fraction of sp³-hybridized carbons (Fsp3) is 0.429. The van der Waals surface area contributed by atoms with Gasteiger partial charge in [-0.15, -0.1) is 5.10 Å². The van der Waals surface area contributed by atoms with Crippen molar-refractivity contribution in [3.63, 3.8) is 0 Å². The summed E-state index contributed by atoms with van der Waals surface area (Å²) in [5, 5.41) is 6.83. The molecule has 0 aromatic heterocycles. The Bertz CT molecular complexity index is 491. The third kappa shape index (κ3) is 6.20. The molecule has 1 aromatic carbocycles. The minimum Gasteiger partial charge on any atom is -0.488 e. The molecule has 7 heteroatoms. The molecule has 21 heavy (non-hydrogen) atoms. The summed E-state index contributed by atoms with van der Waals surface area (Å²) in [5.41, 5.74) is 10.4. The van der Waals surface area contributed by atoms with Crippen molar-refractivity contribution in [3.8, 4) is 5.75 Å². The van der Waals surface area contributed by atoms with Gasteiger partial charge in [0.05, 0.1) is 12.8 Å². The fourth-order valence-electron chi connectivity index (χ4n) is 1.66. The van der Waals surface area contributed by atoms with Gasteiger partial charge in [0.25, 0.3) is 0 Å². The topological polar surface area (TPSA) is 86.0 Å². The first-order valence-electron chi connectivity index (χ1n) is 6.78. The van der Waals surface area contributed by atoms with Crippen LogP contribution in [0.15, 0.2) is 22.3 Å². The van der Waals surface area contributed by atoms with Crippen LogP contribution in [-0.2, 0) is 0 Å². The van der Waals surface area contributed by atoms with Gasteiger partial charge in [0.2, 0.25) is 5.96 Å². The zero-order chi connectivity index (χ0) is 15.7. The van der Waals surface area contributed by atoms with E-state index in [-0.39, 0.29) is 23.9 Å². The minimum absolute atomic E-state index is 0.202. The summed E-state index contributed by atoms with van der Waals surface area (Å²) >= 11 is 0. The number of guanidine groups is 1. The lowest BCUT2D eigenvalue weighted by molar-refractivity contribution is 0.275. The SMILES string of the molecule is CCCCCCOc1c(F)cc(C=NN=C(N)N)cc1F. The van der Waals surface area contributed by atoms with Crippen molar-refractivity contribution >= 4 is 12.2 Å². The summed E-state index contributed by atoms with van der Waals surface area (Å²) in [6.45, 7) is 2.37. The van der Waals surface area contributed by atoms with Gasteiger partial charge in [-0.05, 0) is 18.6 Å². The molecule has 116 valence electrons. The Morgan fingerprint density at radius 3 is 2.43 bits per heavy atom. The number of ether oxygens (including phenoxy) is 1. The molecule has 4 N–H and O–H groups in total. The maximum Gasteiger partial charge on any atom is 0.211 e. The largest absolute Gasteiger partial charge is 0.488 e. The highest BCUT2D eigenvalue weighted by atomic mass is 19.1. The zero-order valence-electron chi connectivity index (χ0n) is 12.0. The van der Waals surface area contributed by atoms with Gasteiger partial charge in [-0.1, -0.05) is 26.2 Å². The van der Waals surface area contributed by atoms with Crippen LogP contribution in [0.25, 0.3) is 0 Å². The van der Waals surface area contributed by atoms with E-state index in [9.17, 15) is 8.78 Å². The second kappa shape index (κ2) is 8.89. The lowest BCUT2D eigenvalue weighted by Gasteiger charge is -2.08. The molecular formula is C14H20F2N4O. The summed E-state index contributed by atoms with van der Waals surface area (Å²) < 4.78 is 32.7. The monoisotopic (exact) mass is 298 g/mol. The maximum absolute atomic E-state index is 13.8. The standard InChI is InChI=1S/C14H20F2N4O/c1-2-3-4-5-6-21-13-11(15)7-10(8-12(13)16)9-19-20-14(17)18/h7-9H,2-6H2,1H3,(H4,17,18,20). The molecule has 1 aromatic rings. The van der Waals surface area contributed by atoms with E-state index in [4.69, 9.17) is 16.2 Å². The van der Waals surface area contributed by atoms with Crippen molar-refractivity contribution < 1.29 is 13.5 Å². The van der Waals surface area contributed by atoms with Crippen LogP contribution in [0.4, 0.5) is 8.78 Å². The van der Waals surface area contributed by atoms with Gasteiger partial charge in [0.1, 0.15) is 0 Å². The van der Waals surface area contributed by atoms with Crippen LogP contribution in [0.2, 0.25) is 0 Å². The summed E-state index contributed by atoms with van der Waals surface area (Å²) in [5.74, 6) is -2.17. The number of unbranched alkanes of at least 4 members (excludes halogenated alkanes) is 3. The molecule has 1 rings (SSSR count). The Morgan fingerprint density at radius 1 is 1.19 bits per heavy atom. The summed E-state index contributed by atoms with van der Waals surface area (Å²) in [6.07, 6.45) is 5.06. The highest BCUT2D eigenvalue weighted by Crippen LogP contribution is 2.23. The molecule has 5 nitrogen and oxygen atoms in total. The zero-order valence-corrected chi connectivity index (χ0v) is 12.0. The number of hydrogen-bond donors (Lipinski definition) is 2. The maximum atomic E-state index is 13.8. The quantitative estimate of drug-likeness (QED) is 0.335. The van der Waals surface area contributed by atoms with Gasteiger partial charge in [-0.25, -0.2) is 8.78 Å². The predicted molar refractivity (Wildman–Crippen MR) is 79.4 cm³/mol. The number of hydrogen-bond acceptors (Lipinski definition) is 3. The molecule has 0 aliphatic heterocycles. The van der Waals surface area contributed by atoms with Crippen LogP contribution in [0.3, 0.4) is 0 Å². The lowest BCUT2D eigenvalue weighted by Crippen LogP contribution is -2.21. The average molecular weight is 298 g/mol. The highest BCUT2D eigenvalue weighted by Gasteiger charge is 2.12. The van der Waals surface area contributed by atoms with Crippen LogP contribution in [-0.4, -0.2) is 18.8 Å². The van der Waals surface area contributed by atoms with Crippen molar-refractivity contribution in [2.24, 2.45) is 21.7 Å². The molecule has 0 heterocycles. The smallest absolute Gasteiger partial charge is 0.211 e. The fourth-order valence-corrected chi connectivity index (χ4v) is 1.66. The second-order valence-electron chi connectivity index (χ2n) is 4.49. The van der Waals surface area contributed by atoms with Crippen molar-refractivity contribution in [2.75, 3.05) is 6.61 Å². The van der Waals surface area contributed by atoms with Crippen molar-refractivity contribution in [2.45, 2.75) is 32.6 Å². The Labute approximate surface area is 122 Å². The Kier molecular flexibility index (Phi) is 7.14. The minimum atomic E-state index is -0.781. The number of benzene rings is 1. The van der Waals surface area contributed by atoms with E-state index in [0.717, 1.165) is 44.0 Å². The molecule has 0 saturated carbocycles. The Balaban J connectivity index is 2.67. The number of rotatable bonds is 8. The predicted octanol–water partition coefficient (Wildman–Crippen LogP) is 2.53. The van der Waals surface area contributed by atoms with Crippen molar-refractivity contribution in [1.82, 2.24) is 0 Å². The summed E-state index contributed by atoms with van der Waals surface area (Å²) in [6, 6.07) is 2.21. The normalized spacial score (nSPS) is 10.8. The van der Waals surface area contributed by atoms with Gasteiger partial charge < -0.3 is 16.2 Å². The second-order valence-corrected chi connectivity index (χ2v) is 4.49. The Morgan fingerprint density at radius 2 is 1.86 bits per heavy atom. The van der Waals surface area contributed by atoms with E-state index < -0.39 is 11.6 Å². The summed E-state index contributed by atoms with van der Waals surface area (Å²) in [7, 11) is 0. The molecule has 0 atom stereocenters. The van der Waals surface area contributed by atoms with Crippen molar-refractivity contribution in [3.05, 3.63) is 29.3 Å². The van der Waals surface area contributed by atoms with Crippen LogP contribution in [0.1, 0.15) is 38.2 Å². The van der Waals surface area contributed by atoms with Gasteiger partial charge in [-0.2, -0.15) is 5.10 Å². The average Bonchev–Trinajstić information content (AvgIpc) is 2.40. The van der Waals surface area contributed by atoms with E-state index in [1.165, 1.54) is 0 Å². The lowest BCUT2D eigenvalue weighted by atomic mass is 10.2. The molecule has 0 bridgehead atoms. The summed E-state index contributed by atoms with van der Waals surface area (Å²) in [4.78, 5) is 0. The third-order valence-corrected chi connectivity index (χ3v) is 2.64. The van der Waals surface area contributed by atoms with E-state index in [1.807, 2.05) is 0 Å². The van der Waals surface area contributed by atoms with Crippen LogP contribution >= 0.6 is 0 Å². The van der Waals surface area contributed by atoms with Crippen molar-refractivity contribution in [1.29, 1.82) is 0 Å². The molecule has 0 aliphatic carbocycles. The molecule has 0 amide bonds. The number of halogens is 2. The molecule has 0 aliphatic rings. The molecule has 0 fully saturated rings. The first-order chi connectivity index (χ1) is 10.0. The van der Waals surface area contributed by atoms with Gasteiger partial charge in [0, 0.05) is 5.56 Å². The third-order valence-electron chi connectivity index (χ3n) is 2.64. The van der Waals surface area contributed by atoms with Gasteiger partial charge in [0.15, 0.2) is 17.4 Å². The van der Waals surface area contributed by atoms with Crippen LogP contribution in [0.5, 0.6) is 5.75 Å². The molecule has 0 spiro atoms. The van der Waals surface area contributed by atoms with Crippen LogP contribution < -0.4 is 16.2 Å². The van der Waals surface area contributed by atoms with E-state index in [2.05, 4.69) is 17.1 Å². The van der Waals surface area contributed by atoms with E-state index >= 15 is 0 Å². The molecule has 0 unspecified atom stereocenters. The van der Waals surface area contributed by atoms with E-state index in [0.29, 0.717) is 0 Å². The van der Waals surface area contributed by atoms with E-state index in [1.54, 1.807) is 0 Å².